The number of hydrogen-bond acceptors (Lipinski definition) is 6. The number of para-hydroxylation sites is 2. The molecule has 1 saturated carbocycles. The van der Waals surface area contributed by atoms with Gasteiger partial charge in [-0.3, -0.25) is 9.59 Å². The summed E-state index contributed by atoms with van der Waals surface area (Å²) in [6.07, 6.45) is 2.04. The highest BCUT2D eigenvalue weighted by Gasteiger charge is 2.24. The Morgan fingerprint density at radius 3 is 2.54 bits per heavy atom. The summed E-state index contributed by atoms with van der Waals surface area (Å²) in [4.78, 5) is 28.5. The topological polar surface area (TPSA) is 79.7 Å². The third-order valence-electron chi connectivity index (χ3n) is 5.12. The van der Waals surface area contributed by atoms with Gasteiger partial charge in [-0.25, -0.2) is 4.68 Å². The predicted molar refractivity (Wildman–Crippen MR) is 107 cm³/mol. The van der Waals surface area contributed by atoms with E-state index in [1.807, 2.05) is 18.2 Å². The van der Waals surface area contributed by atoms with Gasteiger partial charge in [-0.2, -0.15) is 5.10 Å². The molecule has 0 spiro atoms. The Morgan fingerprint density at radius 2 is 1.82 bits per heavy atom. The molecule has 0 radical (unpaired) electrons. The quantitative estimate of drug-likeness (QED) is 0.797. The van der Waals surface area contributed by atoms with Gasteiger partial charge in [0.15, 0.2) is 0 Å². The number of hydrogen-bond donors (Lipinski definition) is 1. The molecule has 0 atom stereocenters. The Hall–Kier alpha value is -3.03. The van der Waals surface area contributed by atoms with Gasteiger partial charge < -0.3 is 19.9 Å². The van der Waals surface area contributed by atoms with E-state index in [4.69, 9.17) is 4.74 Å². The SMILES string of the molecule is COc1ccccc1N1CCN(c2ccc(=O)n(CC(=O)NC3CC3)n2)CC1. The van der Waals surface area contributed by atoms with Crippen molar-refractivity contribution < 1.29 is 9.53 Å². The summed E-state index contributed by atoms with van der Waals surface area (Å²) in [5.74, 6) is 1.43. The molecule has 2 fully saturated rings. The van der Waals surface area contributed by atoms with Crippen LogP contribution in [0.4, 0.5) is 11.5 Å². The fraction of sp³-hybridized carbons (Fsp3) is 0.450. The predicted octanol–water partition coefficient (Wildman–Crippen LogP) is 0.857. The Morgan fingerprint density at radius 1 is 1.11 bits per heavy atom. The maximum absolute atomic E-state index is 12.1. The maximum Gasteiger partial charge on any atom is 0.267 e. The van der Waals surface area contributed by atoms with Crippen LogP contribution in [0.2, 0.25) is 0 Å². The Balaban J connectivity index is 1.42. The van der Waals surface area contributed by atoms with E-state index in [1.54, 1.807) is 13.2 Å². The molecule has 2 aliphatic rings. The first kappa shape index (κ1) is 18.3. The van der Waals surface area contributed by atoms with E-state index in [-0.39, 0.29) is 24.1 Å². The molecule has 1 N–H and O–H groups in total. The summed E-state index contributed by atoms with van der Waals surface area (Å²) in [7, 11) is 1.68. The zero-order chi connectivity index (χ0) is 19.5. The standard InChI is InChI=1S/C20H25N5O3/c1-28-17-5-3-2-4-16(17)23-10-12-24(13-11-23)18-8-9-20(27)25(22-18)14-19(26)21-15-6-7-15/h2-5,8-9,15H,6-7,10-14H2,1H3,(H,21,26). The fourth-order valence-corrected chi connectivity index (χ4v) is 3.42. The number of rotatable bonds is 6. The van der Waals surface area contributed by atoms with Crippen LogP contribution in [-0.2, 0) is 11.3 Å². The summed E-state index contributed by atoms with van der Waals surface area (Å²) in [6.45, 7) is 3.16. The van der Waals surface area contributed by atoms with E-state index in [0.29, 0.717) is 0 Å². The minimum Gasteiger partial charge on any atom is -0.495 e. The van der Waals surface area contributed by atoms with Crippen molar-refractivity contribution in [1.29, 1.82) is 0 Å². The normalized spacial score (nSPS) is 16.8. The van der Waals surface area contributed by atoms with Crippen molar-refractivity contribution in [2.45, 2.75) is 25.4 Å². The van der Waals surface area contributed by atoms with Gasteiger partial charge in [0.2, 0.25) is 5.91 Å². The van der Waals surface area contributed by atoms with E-state index in [0.717, 1.165) is 56.3 Å². The third-order valence-corrected chi connectivity index (χ3v) is 5.12. The molecule has 1 aromatic carbocycles. The molecule has 1 saturated heterocycles. The van der Waals surface area contributed by atoms with E-state index in [9.17, 15) is 9.59 Å². The summed E-state index contributed by atoms with van der Waals surface area (Å²) in [6, 6.07) is 11.5. The number of ether oxygens (including phenoxy) is 1. The van der Waals surface area contributed by atoms with Gasteiger partial charge in [-0.05, 0) is 31.0 Å². The highest BCUT2D eigenvalue weighted by Crippen LogP contribution is 2.28. The first-order chi connectivity index (χ1) is 13.6. The van der Waals surface area contributed by atoms with Crippen molar-refractivity contribution in [3.05, 3.63) is 46.8 Å². The molecule has 1 aliphatic heterocycles. The summed E-state index contributed by atoms with van der Waals surface area (Å²) >= 11 is 0. The second-order valence-electron chi connectivity index (χ2n) is 7.18. The van der Waals surface area contributed by atoms with Gasteiger partial charge in [0.25, 0.3) is 5.56 Å². The summed E-state index contributed by atoms with van der Waals surface area (Å²) in [5, 5.41) is 7.31. The van der Waals surface area contributed by atoms with Gasteiger partial charge in [-0.1, -0.05) is 12.1 Å². The number of benzene rings is 1. The molecular formula is C20H25N5O3. The molecule has 0 unspecified atom stereocenters. The maximum atomic E-state index is 12.1. The Bertz CT molecular complexity index is 901. The van der Waals surface area contributed by atoms with Gasteiger partial charge >= 0.3 is 0 Å². The van der Waals surface area contributed by atoms with Crippen LogP contribution >= 0.6 is 0 Å². The number of nitrogens with zero attached hydrogens (tertiary/aromatic N) is 4. The number of methoxy groups -OCH3 is 1. The molecule has 1 amide bonds. The Labute approximate surface area is 163 Å². The molecule has 2 aromatic rings. The molecule has 0 bridgehead atoms. The number of carbonyl (C=O) groups excluding carboxylic acids is 1. The Kier molecular flexibility index (Phi) is 5.18. The molecule has 148 valence electrons. The lowest BCUT2D eigenvalue weighted by Gasteiger charge is -2.37. The molecule has 8 nitrogen and oxygen atoms in total. The van der Waals surface area contributed by atoms with Crippen LogP contribution in [0.1, 0.15) is 12.8 Å². The van der Waals surface area contributed by atoms with Gasteiger partial charge in [0.05, 0.1) is 12.8 Å². The van der Waals surface area contributed by atoms with Crippen molar-refractivity contribution in [1.82, 2.24) is 15.1 Å². The second kappa shape index (κ2) is 7.92. The van der Waals surface area contributed by atoms with Crippen LogP contribution in [0.25, 0.3) is 0 Å². The van der Waals surface area contributed by atoms with Crippen LogP contribution in [0, 0.1) is 0 Å². The zero-order valence-electron chi connectivity index (χ0n) is 16.0. The average Bonchev–Trinajstić information content (AvgIpc) is 3.53. The molecule has 8 heteroatoms. The number of aromatic nitrogens is 2. The second-order valence-corrected chi connectivity index (χ2v) is 7.18. The highest BCUT2D eigenvalue weighted by atomic mass is 16.5. The third kappa shape index (κ3) is 4.11. The van der Waals surface area contributed by atoms with Crippen molar-refractivity contribution in [3.63, 3.8) is 0 Å². The number of piperazine rings is 1. The minimum absolute atomic E-state index is 0.0373. The highest BCUT2D eigenvalue weighted by molar-refractivity contribution is 5.76. The fourth-order valence-electron chi connectivity index (χ4n) is 3.42. The van der Waals surface area contributed by atoms with E-state index in [1.165, 1.54) is 10.7 Å². The smallest absolute Gasteiger partial charge is 0.267 e. The lowest BCUT2D eigenvalue weighted by Crippen LogP contribution is -2.47. The van der Waals surface area contributed by atoms with Gasteiger partial charge in [-0.15, -0.1) is 0 Å². The summed E-state index contributed by atoms with van der Waals surface area (Å²) < 4.78 is 6.71. The molecule has 1 aromatic heterocycles. The number of carbonyl (C=O) groups is 1. The summed E-state index contributed by atoms with van der Waals surface area (Å²) in [5.41, 5.74) is 0.821. The lowest BCUT2D eigenvalue weighted by atomic mass is 10.2. The van der Waals surface area contributed by atoms with Gasteiger partial charge in [0, 0.05) is 38.3 Å². The van der Waals surface area contributed by atoms with E-state index in [2.05, 4.69) is 26.3 Å². The molecule has 2 heterocycles. The minimum atomic E-state index is -0.262. The average molecular weight is 383 g/mol. The van der Waals surface area contributed by atoms with Crippen molar-refractivity contribution >= 4 is 17.4 Å². The van der Waals surface area contributed by atoms with Crippen LogP contribution in [0.3, 0.4) is 0 Å². The van der Waals surface area contributed by atoms with Crippen molar-refractivity contribution in [2.75, 3.05) is 43.1 Å². The van der Waals surface area contributed by atoms with Crippen LogP contribution in [-0.4, -0.2) is 55.0 Å². The zero-order valence-corrected chi connectivity index (χ0v) is 16.0. The molecule has 28 heavy (non-hydrogen) atoms. The molecule has 1 aliphatic carbocycles. The molecule has 4 rings (SSSR count). The van der Waals surface area contributed by atoms with Crippen LogP contribution in [0.5, 0.6) is 5.75 Å². The first-order valence-electron chi connectivity index (χ1n) is 9.64. The number of anilines is 2. The largest absolute Gasteiger partial charge is 0.495 e. The lowest BCUT2D eigenvalue weighted by molar-refractivity contribution is -0.122. The number of amides is 1. The van der Waals surface area contributed by atoms with Crippen molar-refractivity contribution in [2.24, 2.45) is 0 Å². The van der Waals surface area contributed by atoms with Crippen LogP contribution in [0.15, 0.2) is 41.2 Å². The van der Waals surface area contributed by atoms with E-state index >= 15 is 0 Å². The monoisotopic (exact) mass is 383 g/mol. The van der Waals surface area contributed by atoms with Crippen molar-refractivity contribution in [3.8, 4) is 5.75 Å². The van der Waals surface area contributed by atoms with Gasteiger partial charge in [0.1, 0.15) is 18.1 Å². The number of nitrogens with one attached hydrogen (secondary N) is 1. The van der Waals surface area contributed by atoms with Crippen LogP contribution < -0.4 is 25.4 Å². The van der Waals surface area contributed by atoms with E-state index < -0.39 is 0 Å². The molecular weight excluding hydrogens is 358 g/mol. The first-order valence-corrected chi connectivity index (χ1v) is 9.64.